The number of ether oxygens (including phenoxy) is 1. The predicted molar refractivity (Wildman–Crippen MR) is 130 cm³/mol. The van der Waals surface area contributed by atoms with Crippen LogP contribution in [0.1, 0.15) is 18.9 Å². The second-order valence-corrected chi connectivity index (χ2v) is 10.5. The van der Waals surface area contributed by atoms with E-state index in [2.05, 4.69) is 15.2 Å². The molecule has 0 saturated carbocycles. The number of hydrogen-bond donors (Lipinski definition) is 3. The maximum absolute atomic E-state index is 13.5. The molecule has 0 spiro atoms. The molecule has 2 unspecified atom stereocenters. The highest BCUT2D eigenvalue weighted by atomic mass is 32.1. The quantitative estimate of drug-likeness (QED) is 0.340. The van der Waals surface area contributed by atoms with E-state index < -0.39 is 13.1 Å². The molecule has 1 aromatic carbocycles. The molecule has 174 valence electrons. The first-order valence-corrected chi connectivity index (χ1v) is 12.6. The Kier molecular flexibility index (Phi) is 6.40. The fourth-order valence-electron chi connectivity index (χ4n) is 3.41. The third kappa shape index (κ3) is 4.32. The van der Waals surface area contributed by atoms with Gasteiger partial charge in [0.25, 0.3) is 5.56 Å². The van der Waals surface area contributed by atoms with Gasteiger partial charge in [0.05, 0.1) is 22.0 Å². The van der Waals surface area contributed by atoms with Crippen molar-refractivity contribution in [2.24, 2.45) is 4.76 Å². The highest BCUT2D eigenvalue weighted by Gasteiger charge is 2.35. The molecule has 4 N–H and O–H groups in total. The van der Waals surface area contributed by atoms with E-state index in [0.29, 0.717) is 22.7 Å². The van der Waals surface area contributed by atoms with Crippen LogP contribution in [0, 0.1) is 0 Å². The van der Waals surface area contributed by atoms with Crippen LogP contribution in [0.25, 0.3) is 10.6 Å². The lowest BCUT2D eigenvalue weighted by molar-refractivity contribution is 0.105. The molecule has 3 aromatic rings. The lowest BCUT2D eigenvalue weighted by atomic mass is 10.1. The molecule has 2 atom stereocenters. The Morgan fingerprint density at radius 3 is 2.79 bits per heavy atom. The number of fused-ring (bicyclic) bond motifs is 1. The zero-order valence-electron chi connectivity index (χ0n) is 18.3. The van der Waals surface area contributed by atoms with Gasteiger partial charge in [0.2, 0.25) is 0 Å². The summed E-state index contributed by atoms with van der Waals surface area (Å²) < 4.78 is 29.6. The Morgan fingerprint density at radius 1 is 1.33 bits per heavy atom. The number of nitrogens with one attached hydrogen (secondary N) is 1. The predicted octanol–water partition coefficient (Wildman–Crippen LogP) is 3.02. The Labute approximate surface area is 194 Å². The number of aromatic hydroxyl groups is 1. The van der Waals surface area contributed by atoms with Crippen molar-refractivity contribution in [1.29, 1.82) is 0 Å². The van der Waals surface area contributed by atoms with Crippen molar-refractivity contribution in [3.63, 3.8) is 0 Å². The molecule has 1 aliphatic rings. The number of nitrogen functional groups attached to an aromatic ring is 1. The van der Waals surface area contributed by atoms with Crippen molar-refractivity contribution >= 4 is 41.4 Å². The molecule has 0 aliphatic carbocycles. The second-order valence-electron chi connectivity index (χ2n) is 7.47. The summed E-state index contributed by atoms with van der Waals surface area (Å²) in [5.41, 5.74) is 6.18. The fourth-order valence-corrected chi connectivity index (χ4v) is 5.66. The van der Waals surface area contributed by atoms with Gasteiger partial charge in [0.1, 0.15) is 11.3 Å². The lowest BCUT2D eigenvalue weighted by Crippen LogP contribution is -2.35. The van der Waals surface area contributed by atoms with Crippen LogP contribution in [0.15, 0.2) is 45.3 Å². The lowest BCUT2D eigenvalue weighted by Gasteiger charge is -2.25. The van der Waals surface area contributed by atoms with E-state index in [0.717, 1.165) is 0 Å². The van der Waals surface area contributed by atoms with E-state index in [9.17, 15) is 14.5 Å². The van der Waals surface area contributed by atoms with Gasteiger partial charge in [-0.2, -0.15) is 9.86 Å². The molecular formula is C21H24N5O5PS. The Bertz CT molecular complexity index is 1320. The van der Waals surface area contributed by atoms with Crippen molar-refractivity contribution in [2.75, 3.05) is 25.3 Å². The molecule has 12 heteroatoms. The summed E-state index contributed by atoms with van der Waals surface area (Å²) in [5, 5.41) is 20.6. The highest BCUT2D eigenvalue weighted by molar-refractivity contribution is 7.66. The van der Waals surface area contributed by atoms with Crippen LogP contribution < -0.4 is 21.9 Å². The van der Waals surface area contributed by atoms with E-state index in [1.807, 2.05) is 18.4 Å². The number of benzene rings is 1. The summed E-state index contributed by atoms with van der Waals surface area (Å²) in [6.07, 6.45) is 0.424. The number of hydrogen-bond acceptors (Lipinski definition) is 9. The van der Waals surface area contributed by atoms with Crippen molar-refractivity contribution in [2.45, 2.75) is 26.0 Å². The second kappa shape index (κ2) is 9.11. The Balaban J connectivity index is 1.91. The van der Waals surface area contributed by atoms with Gasteiger partial charge in [-0.1, -0.05) is 6.07 Å². The first-order chi connectivity index (χ1) is 15.8. The molecule has 0 radical (unpaired) electrons. The zero-order chi connectivity index (χ0) is 23.8. The van der Waals surface area contributed by atoms with Crippen LogP contribution in [0.3, 0.4) is 0 Å². The van der Waals surface area contributed by atoms with Crippen molar-refractivity contribution in [1.82, 2.24) is 9.78 Å². The van der Waals surface area contributed by atoms with E-state index in [4.69, 9.17) is 15.0 Å². The van der Waals surface area contributed by atoms with E-state index in [-0.39, 0.29) is 40.8 Å². The Hall–Kier alpha value is -2.98. The molecule has 4 rings (SSSR count). The fraction of sp³-hybridized carbons (Fsp3) is 0.286. The maximum Gasteiger partial charge on any atom is 0.348 e. The smallest absolute Gasteiger partial charge is 0.348 e. The zero-order valence-corrected chi connectivity index (χ0v) is 20.0. The largest absolute Gasteiger partial charge is 0.505 e. The van der Waals surface area contributed by atoms with Gasteiger partial charge in [-0.25, -0.2) is 4.68 Å². The van der Waals surface area contributed by atoms with Crippen LogP contribution in [0.5, 0.6) is 5.75 Å². The summed E-state index contributed by atoms with van der Waals surface area (Å²) >= 11 is 1.37. The van der Waals surface area contributed by atoms with Gasteiger partial charge < -0.3 is 25.4 Å². The molecule has 2 aromatic heterocycles. The standard InChI is InChI=1S/C21H24N5O5PS/c1-12(30-2)8-9-26-21(28)17(19(27)18(24-26)16-5-4-10-33-16)20-23-14-7-6-13(22)11-15(14)32(29,25-20)31-3/h4-7,10-12,27H,8-9,22H2,1-3H3,(H,23,25,29). The number of aromatic nitrogens is 2. The number of thiophene rings is 1. The number of anilines is 2. The number of methoxy groups -OCH3 is 1. The van der Waals surface area contributed by atoms with Gasteiger partial charge >= 0.3 is 7.52 Å². The molecule has 1 aliphatic heterocycles. The van der Waals surface area contributed by atoms with Crippen LogP contribution in [0.4, 0.5) is 11.4 Å². The third-order valence-corrected chi connectivity index (χ3v) is 8.14. The van der Waals surface area contributed by atoms with Gasteiger partial charge in [-0.05, 0) is 43.0 Å². The molecule has 0 bridgehead atoms. The van der Waals surface area contributed by atoms with Gasteiger partial charge in [0, 0.05) is 26.5 Å². The molecule has 0 amide bonds. The van der Waals surface area contributed by atoms with Crippen LogP contribution in [0.2, 0.25) is 0 Å². The maximum atomic E-state index is 13.5. The molecule has 0 fully saturated rings. The van der Waals surface area contributed by atoms with Crippen molar-refractivity contribution in [3.8, 4) is 16.3 Å². The van der Waals surface area contributed by atoms with E-state index in [1.165, 1.54) is 29.2 Å². The molecule has 33 heavy (non-hydrogen) atoms. The average Bonchev–Trinajstić information content (AvgIpc) is 3.33. The topological polar surface area (TPSA) is 141 Å². The Morgan fingerprint density at radius 2 is 2.12 bits per heavy atom. The van der Waals surface area contributed by atoms with Crippen LogP contribution in [-0.2, 0) is 20.4 Å². The molecule has 0 saturated heterocycles. The normalized spacial score (nSPS) is 18.3. The number of amidine groups is 1. The van der Waals surface area contributed by atoms with E-state index >= 15 is 0 Å². The monoisotopic (exact) mass is 489 g/mol. The minimum atomic E-state index is -3.75. The third-order valence-electron chi connectivity index (χ3n) is 5.33. The van der Waals surface area contributed by atoms with Crippen molar-refractivity contribution in [3.05, 3.63) is 51.6 Å². The summed E-state index contributed by atoms with van der Waals surface area (Å²) in [4.78, 5) is 14.1. The SMILES string of the molecule is COC(C)CCn1nc(-c2cccs2)c(O)c(C2=NP(=O)(OC)c3cc(N)ccc3N2)c1=O. The van der Waals surface area contributed by atoms with E-state index in [1.54, 1.807) is 25.3 Å². The first kappa shape index (κ1) is 23.2. The number of nitrogens with two attached hydrogens (primary N) is 1. The molecular weight excluding hydrogens is 465 g/mol. The first-order valence-electron chi connectivity index (χ1n) is 10.1. The summed E-state index contributed by atoms with van der Waals surface area (Å²) in [6.45, 7) is 2.14. The number of rotatable bonds is 7. The number of nitrogens with zero attached hydrogens (tertiary/aromatic N) is 3. The van der Waals surface area contributed by atoms with Crippen molar-refractivity contribution < 1.29 is 18.9 Å². The summed E-state index contributed by atoms with van der Waals surface area (Å²) in [7, 11) is -0.888. The molecule has 3 heterocycles. The minimum Gasteiger partial charge on any atom is -0.505 e. The minimum absolute atomic E-state index is 0.0614. The summed E-state index contributed by atoms with van der Waals surface area (Å²) in [5.74, 6) is -0.417. The summed E-state index contributed by atoms with van der Waals surface area (Å²) in [6, 6.07) is 8.38. The number of aryl methyl sites for hydroxylation is 1. The van der Waals surface area contributed by atoms with Gasteiger partial charge in [-0.15, -0.1) is 11.3 Å². The van der Waals surface area contributed by atoms with Gasteiger partial charge in [0.15, 0.2) is 11.6 Å². The highest BCUT2D eigenvalue weighted by Crippen LogP contribution is 2.51. The average molecular weight is 489 g/mol. The van der Waals surface area contributed by atoms with Crippen LogP contribution in [-0.4, -0.2) is 41.0 Å². The van der Waals surface area contributed by atoms with Gasteiger partial charge in [-0.3, -0.25) is 9.36 Å². The molecule has 10 nitrogen and oxygen atoms in total. The van der Waals surface area contributed by atoms with Crippen LogP contribution >= 0.6 is 18.9 Å².